The molecule has 2 heterocycles. The first-order chi connectivity index (χ1) is 14.3. The summed E-state index contributed by atoms with van der Waals surface area (Å²) >= 11 is 6.90. The van der Waals surface area contributed by atoms with Crippen LogP contribution in [-0.4, -0.2) is 46.4 Å². The number of nitrogens with zero attached hydrogens (tertiary/aromatic N) is 2. The van der Waals surface area contributed by atoms with Gasteiger partial charge in [-0.3, -0.25) is 14.2 Å². The van der Waals surface area contributed by atoms with Gasteiger partial charge < -0.3 is 4.90 Å². The lowest BCUT2D eigenvalue weighted by molar-refractivity contribution is -0.124. The standard InChI is InChI=1S/C21H24N2O4S3/c24-20-19(29-21(28)23(20)16-8-2-1-3-9-16)18-12-11-15-7-4-5-10-17(15)22(18)13-6-14-30(25,26)27/h4-5,7,10-12,16H,1-3,6,8-9,13-14H2,(H,25,26,27)/b19-18-. The molecule has 0 atom stereocenters. The van der Waals surface area contributed by atoms with Crippen LogP contribution in [0.1, 0.15) is 44.1 Å². The highest BCUT2D eigenvalue weighted by Crippen LogP contribution is 2.42. The zero-order valence-corrected chi connectivity index (χ0v) is 18.9. The fourth-order valence-corrected chi connectivity index (χ4v) is 6.24. The van der Waals surface area contributed by atoms with Gasteiger partial charge in [0, 0.05) is 18.3 Å². The van der Waals surface area contributed by atoms with E-state index in [2.05, 4.69) is 0 Å². The van der Waals surface area contributed by atoms with Gasteiger partial charge in [-0.05, 0) is 37.0 Å². The second kappa shape index (κ2) is 8.82. The highest BCUT2D eigenvalue weighted by molar-refractivity contribution is 8.26. The Balaban J connectivity index is 1.67. The molecule has 1 saturated carbocycles. The molecule has 4 rings (SSSR count). The van der Waals surface area contributed by atoms with Crippen LogP contribution in [0.15, 0.2) is 40.9 Å². The number of amides is 1. The van der Waals surface area contributed by atoms with Gasteiger partial charge in [-0.1, -0.05) is 67.5 Å². The van der Waals surface area contributed by atoms with Crippen molar-refractivity contribution in [2.24, 2.45) is 0 Å². The Morgan fingerprint density at radius 1 is 1.13 bits per heavy atom. The van der Waals surface area contributed by atoms with Crippen LogP contribution in [0.25, 0.3) is 6.08 Å². The number of thioether (sulfide) groups is 1. The molecule has 2 aliphatic heterocycles. The summed E-state index contributed by atoms with van der Waals surface area (Å²) in [6.45, 7) is 0.365. The first kappa shape index (κ1) is 21.5. The molecule has 0 aromatic heterocycles. The molecule has 3 aliphatic rings. The SMILES string of the molecule is O=C1/C(=C2\C=Cc3ccccc3N2CCCS(=O)(=O)O)SC(=S)N1C1CCCCC1. The number of carbonyl (C=O) groups excluding carboxylic acids is 1. The van der Waals surface area contributed by atoms with E-state index in [-0.39, 0.29) is 24.1 Å². The van der Waals surface area contributed by atoms with Crippen molar-refractivity contribution in [3.8, 4) is 0 Å². The fourth-order valence-electron chi connectivity index (χ4n) is 4.30. The predicted molar refractivity (Wildman–Crippen MR) is 125 cm³/mol. The third-order valence-corrected chi connectivity index (χ3v) is 7.91. The first-order valence-electron chi connectivity index (χ1n) is 10.1. The van der Waals surface area contributed by atoms with Crippen molar-refractivity contribution >= 4 is 56.1 Å². The number of benzene rings is 1. The van der Waals surface area contributed by atoms with Gasteiger partial charge in [0.25, 0.3) is 16.0 Å². The van der Waals surface area contributed by atoms with Crippen molar-refractivity contribution in [3.63, 3.8) is 0 Å². The topological polar surface area (TPSA) is 77.9 Å². The molecule has 0 spiro atoms. The average molecular weight is 465 g/mol. The lowest BCUT2D eigenvalue weighted by Crippen LogP contribution is -2.40. The van der Waals surface area contributed by atoms with Gasteiger partial charge in [0.2, 0.25) is 0 Å². The van der Waals surface area contributed by atoms with Crippen LogP contribution in [0, 0.1) is 0 Å². The zero-order chi connectivity index (χ0) is 21.3. The first-order valence-corrected chi connectivity index (χ1v) is 13.0. The maximum atomic E-state index is 13.4. The Hall–Kier alpha value is -1.68. The molecular weight excluding hydrogens is 440 g/mol. The normalized spacial score (nSPS) is 22.7. The number of fused-ring (bicyclic) bond motifs is 1. The lowest BCUT2D eigenvalue weighted by Gasteiger charge is -2.32. The second-order valence-corrected chi connectivity index (χ2v) is 10.9. The van der Waals surface area contributed by atoms with Gasteiger partial charge in [0.15, 0.2) is 0 Å². The summed E-state index contributed by atoms with van der Waals surface area (Å²) in [5.74, 6) is -0.387. The quantitative estimate of drug-likeness (QED) is 0.397. The summed E-state index contributed by atoms with van der Waals surface area (Å²) < 4.78 is 32.1. The number of hydrogen-bond donors (Lipinski definition) is 1. The van der Waals surface area contributed by atoms with Crippen molar-refractivity contribution in [1.82, 2.24) is 4.90 Å². The number of allylic oxidation sites excluding steroid dienone is 1. The molecule has 0 unspecified atom stereocenters. The molecule has 1 aliphatic carbocycles. The van der Waals surface area contributed by atoms with E-state index in [0.29, 0.717) is 15.8 Å². The molecule has 0 bridgehead atoms. The van der Waals surface area contributed by atoms with Crippen molar-refractivity contribution in [1.29, 1.82) is 0 Å². The van der Waals surface area contributed by atoms with E-state index in [1.54, 1.807) is 4.90 Å². The minimum Gasteiger partial charge on any atom is -0.340 e. The molecule has 160 valence electrons. The Kier molecular flexibility index (Phi) is 6.34. The van der Waals surface area contributed by atoms with Crippen molar-refractivity contribution in [2.45, 2.75) is 44.6 Å². The van der Waals surface area contributed by atoms with E-state index < -0.39 is 10.1 Å². The number of thiocarbonyl (C=S) groups is 1. The minimum absolute atomic E-state index is 0.0595. The molecule has 1 amide bonds. The van der Waals surface area contributed by atoms with E-state index in [1.807, 2.05) is 41.3 Å². The van der Waals surface area contributed by atoms with Crippen LogP contribution in [0.3, 0.4) is 0 Å². The van der Waals surface area contributed by atoms with Crippen LogP contribution in [0.4, 0.5) is 5.69 Å². The number of carbonyl (C=O) groups is 1. The van der Waals surface area contributed by atoms with Crippen LogP contribution < -0.4 is 4.90 Å². The minimum atomic E-state index is -4.04. The summed E-state index contributed by atoms with van der Waals surface area (Å²) in [6.07, 6.45) is 9.50. The zero-order valence-electron chi connectivity index (χ0n) is 16.5. The van der Waals surface area contributed by atoms with E-state index in [4.69, 9.17) is 16.8 Å². The van der Waals surface area contributed by atoms with E-state index in [0.717, 1.165) is 42.6 Å². The van der Waals surface area contributed by atoms with Crippen molar-refractivity contribution < 1.29 is 17.8 Å². The van der Waals surface area contributed by atoms with Gasteiger partial charge in [0.1, 0.15) is 9.23 Å². The van der Waals surface area contributed by atoms with Crippen molar-refractivity contribution in [3.05, 3.63) is 46.5 Å². The molecule has 6 nitrogen and oxygen atoms in total. The number of hydrogen-bond acceptors (Lipinski definition) is 6. The number of anilines is 1. The summed E-state index contributed by atoms with van der Waals surface area (Å²) in [7, 11) is -4.04. The Labute approximate surface area is 186 Å². The van der Waals surface area contributed by atoms with Gasteiger partial charge in [0.05, 0.1) is 11.4 Å². The summed E-state index contributed by atoms with van der Waals surface area (Å²) in [5, 5.41) is 0. The van der Waals surface area contributed by atoms with Gasteiger partial charge in [-0.25, -0.2) is 0 Å². The molecule has 2 fully saturated rings. The van der Waals surface area contributed by atoms with E-state index in [9.17, 15) is 13.2 Å². The van der Waals surface area contributed by atoms with Crippen LogP contribution in [-0.2, 0) is 14.9 Å². The molecule has 9 heteroatoms. The molecule has 30 heavy (non-hydrogen) atoms. The van der Waals surface area contributed by atoms with Crippen LogP contribution in [0.5, 0.6) is 0 Å². The Bertz CT molecular complexity index is 1030. The molecule has 0 radical (unpaired) electrons. The highest BCUT2D eigenvalue weighted by atomic mass is 32.2. The summed E-state index contributed by atoms with van der Waals surface area (Å²) in [6, 6.07) is 7.95. The molecule has 1 saturated heterocycles. The highest BCUT2D eigenvalue weighted by Gasteiger charge is 2.40. The van der Waals surface area contributed by atoms with Crippen LogP contribution >= 0.6 is 24.0 Å². The van der Waals surface area contributed by atoms with Gasteiger partial charge in [-0.2, -0.15) is 8.42 Å². The third kappa shape index (κ3) is 4.49. The summed E-state index contributed by atoms with van der Waals surface area (Å²) in [5.41, 5.74) is 2.64. The molecule has 1 aromatic rings. The molecule has 1 aromatic carbocycles. The second-order valence-electron chi connectivity index (χ2n) is 7.73. The number of para-hydroxylation sites is 1. The largest absolute Gasteiger partial charge is 0.340 e. The monoisotopic (exact) mass is 464 g/mol. The Morgan fingerprint density at radius 2 is 1.87 bits per heavy atom. The Morgan fingerprint density at radius 3 is 2.60 bits per heavy atom. The third-order valence-electron chi connectivity index (χ3n) is 5.69. The smallest absolute Gasteiger partial charge is 0.268 e. The van der Waals surface area contributed by atoms with Gasteiger partial charge >= 0.3 is 0 Å². The van der Waals surface area contributed by atoms with Gasteiger partial charge in [-0.15, -0.1) is 0 Å². The summed E-state index contributed by atoms with van der Waals surface area (Å²) in [4.78, 5) is 17.7. The van der Waals surface area contributed by atoms with Crippen molar-refractivity contribution in [2.75, 3.05) is 17.2 Å². The lowest BCUT2D eigenvalue weighted by atomic mass is 9.94. The fraction of sp³-hybridized carbons (Fsp3) is 0.429. The maximum Gasteiger partial charge on any atom is 0.268 e. The number of rotatable bonds is 5. The molecular formula is C21H24N2O4S3. The molecule has 1 N–H and O–H groups in total. The van der Waals surface area contributed by atoms with E-state index >= 15 is 0 Å². The average Bonchev–Trinajstić information content (AvgIpc) is 3.01. The maximum absolute atomic E-state index is 13.4. The van der Waals surface area contributed by atoms with Crippen LogP contribution in [0.2, 0.25) is 0 Å². The predicted octanol–water partition coefficient (Wildman–Crippen LogP) is 4.20. The van der Waals surface area contributed by atoms with E-state index in [1.165, 1.54) is 18.2 Å².